The number of H-pyrrole nitrogens is 1. The number of thiol groups is 1. The predicted molar refractivity (Wildman–Crippen MR) is 179 cm³/mol. The summed E-state index contributed by atoms with van der Waals surface area (Å²) in [7, 11) is 1.71. The summed E-state index contributed by atoms with van der Waals surface area (Å²) in [5.41, 5.74) is 2.10. The molecule has 1 aliphatic carbocycles. The van der Waals surface area contributed by atoms with Gasteiger partial charge >= 0.3 is 5.97 Å². The van der Waals surface area contributed by atoms with Crippen LogP contribution in [0.5, 0.6) is 5.75 Å². The van der Waals surface area contributed by atoms with Crippen LogP contribution in [0.15, 0.2) is 89.4 Å². The van der Waals surface area contributed by atoms with E-state index >= 15 is 0 Å². The number of ether oxygens (including phenoxy) is 2. The van der Waals surface area contributed by atoms with Crippen molar-refractivity contribution in [3.8, 4) is 5.75 Å². The number of carboxylic acid groups (broad SMARTS) is 1. The molecule has 1 aliphatic heterocycles. The Kier molecular flexibility index (Phi) is 18.6. The van der Waals surface area contributed by atoms with E-state index in [0.29, 0.717) is 18.5 Å². The number of aliphatic hydroxyl groups is 1. The number of likely N-dealkylation sites (tertiary alicyclic amines) is 1. The van der Waals surface area contributed by atoms with Gasteiger partial charge in [-0.1, -0.05) is 52.0 Å². The zero-order valence-electron chi connectivity index (χ0n) is 26.8. The Hall–Kier alpha value is -3.47. The lowest BCUT2D eigenvalue weighted by Crippen LogP contribution is -2.45. The van der Waals surface area contributed by atoms with Crippen molar-refractivity contribution in [3.63, 3.8) is 0 Å². The number of piperidine rings is 1. The molecular formula is C34H49FN2O6S. The number of methoxy groups -OCH3 is 1. The summed E-state index contributed by atoms with van der Waals surface area (Å²) in [6.07, 6.45) is 14.8. The van der Waals surface area contributed by atoms with Gasteiger partial charge in [-0.3, -0.25) is 9.84 Å². The number of fused-ring (bicyclic) bond motifs is 1. The van der Waals surface area contributed by atoms with E-state index in [1.54, 1.807) is 7.11 Å². The molecule has 1 saturated heterocycles. The van der Waals surface area contributed by atoms with Crippen LogP contribution in [0, 0.1) is 5.92 Å². The highest BCUT2D eigenvalue weighted by atomic mass is 32.1. The van der Waals surface area contributed by atoms with Crippen LogP contribution in [-0.4, -0.2) is 65.0 Å². The van der Waals surface area contributed by atoms with Crippen molar-refractivity contribution in [2.45, 2.75) is 66.0 Å². The molecule has 2 aliphatic rings. The Morgan fingerprint density at radius 3 is 2.61 bits per heavy atom. The second-order valence-electron chi connectivity index (χ2n) is 9.66. The summed E-state index contributed by atoms with van der Waals surface area (Å²) in [6.45, 7) is 14.7. The number of allylic oxidation sites excluding steroid dienone is 6. The van der Waals surface area contributed by atoms with Crippen LogP contribution in [0.2, 0.25) is 0 Å². The monoisotopic (exact) mass is 632 g/mol. The van der Waals surface area contributed by atoms with Gasteiger partial charge in [-0.25, -0.2) is 4.79 Å². The molecule has 44 heavy (non-hydrogen) atoms. The maximum absolute atomic E-state index is 10.7. The summed E-state index contributed by atoms with van der Waals surface area (Å²) >= 11 is 4.86. The number of hydrogen-bond donors (Lipinski definition) is 4. The molecule has 0 amide bonds. The van der Waals surface area contributed by atoms with E-state index in [9.17, 15) is 14.4 Å². The van der Waals surface area contributed by atoms with Crippen molar-refractivity contribution >= 4 is 29.5 Å². The number of nitrogens with one attached hydrogen (secondary N) is 1. The molecular weight excluding hydrogens is 583 g/mol. The van der Waals surface area contributed by atoms with E-state index in [2.05, 4.69) is 58.7 Å². The Morgan fingerprint density at radius 2 is 2.00 bits per heavy atom. The maximum Gasteiger partial charge on any atom is 0.375 e. The summed E-state index contributed by atoms with van der Waals surface area (Å²) in [6, 6.07) is 8.29. The Morgan fingerprint density at radius 1 is 1.27 bits per heavy atom. The molecule has 10 heteroatoms. The molecule has 0 bridgehead atoms. The number of carboxylic acids is 1. The number of nitrogens with zero attached hydrogens (tertiary/aromatic N) is 1. The second kappa shape index (κ2) is 21.3. The van der Waals surface area contributed by atoms with Gasteiger partial charge in [-0.15, -0.1) is 12.6 Å². The minimum atomic E-state index is -1.50. The van der Waals surface area contributed by atoms with Gasteiger partial charge in [0, 0.05) is 39.8 Å². The lowest BCUT2D eigenvalue weighted by molar-refractivity contribution is -0.149. The molecule has 2 aromatic rings. The minimum Gasteiger partial charge on any atom is -0.496 e. The van der Waals surface area contributed by atoms with Crippen LogP contribution < -0.4 is 4.74 Å². The van der Waals surface area contributed by atoms with Gasteiger partial charge in [0.1, 0.15) is 24.2 Å². The molecule has 3 N–H and O–H groups in total. The molecule has 0 radical (unpaired) electrons. The first kappa shape index (κ1) is 38.6. The molecule has 0 saturated carbocycles. The zero-order valence-corrected chi connectivity index (χ0v) is 27.6. The van der Waals surface area contributed by atoms with E-state index in [4.69, 9.17) is 27.2 Å². The number of aromatic amines is 1. The molecule has 0 spiro atoms. The fraction of sp³-hybridized carbons (Fsp3) is 0.441. The van der Waals surface area contributed by atoms with Crippen molar-refractivity contribution in [2.24, 2.45) is 5.92 Å². The number of aliphatic carboxylic acids is 1. The number of β-amino-alcohol motifs (C(OH)–C–C–N with tert-alkyl or cyclic N) is 1. The van der Waals surface area contributed by atoms with Crippen LogP contribution in [0.3, 0.4) is 0 Å². The summed E-state index contributed by atoms with van der Waals surface area (Å²) in [4.78, 5) is 18.8. The normalized spacial score (nSPS) is 18.8. The predicted octanol–water partition coefficient (Wildman–Crippen LogP) is 7.78. The van der Waals surface area contributed by atoms with E-state index in [0.717, 1.165) is 58.7 Å². The lowest BCUT2D eigenvalue weighted by atomic mass is 9.90. The lowest BCUT2D eigenvalue weighted by Gasteiger charge is -2.38. The van der Waals surface area contributed by atoms with Gasteiger partial charge in [-0.2, -0.15) is 0 Å². The van der Waals surface area contributed by atoms with Gasteiger partial charge in [0.25, 0.3) is 0 Å². The van der Waals surface area contributed by atoms with Crippen LogP contribution in [-0.2, 0) is 14.5 Å². The van der Waals surface area contributed by atoms with Crippen molar-refractivity contribution in [3.05, 3.63) is 89.4 Å². The smallest absolute Gasteiger partial charge is 0.375 e. The number of benzene rings is 1. The summed E-state index contributed by atoms with van der Waals surface area (Å²) < 4.78 is 22.2. The number of carbonyl (C=O) groups is 1. The quantitative estimate of drug-likeness (QED) is 0.121. The third kappa shape index (κ3) is 12.3. The first-order valence-electron chi connectivity index (χ1n) is 15.1. The fourth-order valence-electron chi connectivity index (χ4n) is 4.71. The van der Waals surface area contributed by atoms with E-state index in [-0.39, 0.29) is 6.61 Å². The SMILES string of the molecule is C=C(OF)C(=O)O.CC.CC.COC1=CCC=CC=C1/C=C(\S)[C@H]1CCN(CC(O)COc2cccc3[nH]ccc23)[C@@H](C)C1. The van der Waals surface area contributed by atoms with E-state index < -0.39 is 17.8 Å². The van der Waals surface area contributed by atoms with Gasteiger partial charge in [-0.05, 0) is 80.5 Å². The number of hydrogen-bond acceptors (Lipinski definition) is 7. The number of halogens is 1. The van der Waals surface area contributed by atoms with E-state index in [1.165, 1.54) is 0 Å². The molecule has 4 rings (SSSR count). The van der Waals surface area contributed by atoms with E-state index in [1.807, 2.05) is 58.2 Å². The molecule has 244 valence electrons. The highest BCUT2D eigenvalue weighted by Crippen LogP contribution is 2.33. The largest absolute Gasteiger partial charge is 0.496 e. The number of rotatable bonds is 10. The standard InChI is InChI=1S/C27H34N2O3S.C3H3FO3.2C2H6/c1-19-15-21(27(33)16-20-7-4-3-5-9-25(20)31-2)12-14-29(19)17-22(30)18-32-26-10-6-8-24-23(26)11-13-28-24;1-2(7-4)3(5)6;2*1-2/h3-4,6-11,13,16,19,21-22,28,30,33H,5,12,14-15,17-18H2,1-2H3;1H2,(H,5,6);2*1-2H3/b27-16-;;;/t19-,21-,22?;;;/m0.../s1. The topological polar surface area (TPSA) is 104 Å². The van der Waals surface area contributed by atoms with Crippen molar-refractivity contribution in [2.75, 3.05) is 26.8 Å². The molecule has 2 heterocycles. The molecule has 8 nitrogen and oxygen atoms in total. The Bertz CT molecular complexity index is 1290. The second-order valence-corrected chi connectivity index (χ2v) is 10.2. The molecule has 1 aromatic carbocycles. The van der Waals surface area contributed by atoms with Crippen LogP contribution in [0.4, 0.5) is 4.53 Å². The Balaban J connectivity index is 0.000000766. The average Bonchev–Trinajstić information content (AvgIpc) is 3.43. The first-order valence-corrected chi connectivity index (χ1v) is 15.5. The average molecular weight is 633 g/mol. The zero-order chi connectivity index (χ0) is 33.1. The molecule has 1 fully saturated rings. The summed E-state index contributed by atoms with van der Waals surface area (Å²) in [5.74, 6) is -0.292. The van der Waals surface area contributed by atoms with Crippen LogP contribution in [0.25, 0.3) is 10.9 Å². The van der Waals surface area contributed by atoms with Gasteiger partial charge in [0.15, 0.2) is 0 Å². The van der Waals surface area contributed by atoms with Gasteiger partial charge < -0.3 is 24.7 Å². The number of aromatic nitrogens is 1. The molecule has 1 unspecified atom stereocenters. The molecule has 1 aromatic heterocycles. The summed E-state index contributed by atoms with van der Waals surface area (Å²) in [5, 5.41) is 19.4. The molecule has 3 atom stereocenters. The number of aliphatic hydroxyl groups excluding tert-OH is 1. The van der Waals surface area contributed by atoms with Crippen molar-refractivity contribution in [1.82, 2.24) is 9.88 Å². The van der Waals surface area contributed by atoms with Crippen molar-refractivity contribution in [1.29, 1.82) is 0 Å². The van der Waals surface area contributed by atoms with Crippen LogP contribution in [0.1, 0.15) is 53.9 Å². The highest BCUT2D eigenvalue weighted by molar-refractivity contribution is 7.84. The fourth-order valence-corrected chi connectivity index (χ4v) is 5.08. The van der Waals surface area contributed by atoms with Crippen molar-refractivity contribution < 1.29 is 33.9 Å². The van der Waals surface area contributed by atoms with Gasteiger partial charge in [0.05, 0.1) is 7.11 Å². The highest BCUT2D eigenvalue weighted by Gasteiger charge is 2.28. The van der Waals surface area contributed by atoms with Gasteiger partial charge in [0.2, 0.25) is 5.76 Å². The van der Waals surface area contributed by atoms with Crippen LogP contribution >= 0.6 is 12.6 Å². The Labute approximate surface area is 266 Å². The third-order valence-electron chi connectivity index (χ3n) is 6.85. The minimum absolute atomic E-state index is 0.280. The first-order chi connectivity index (χ1) is 21.2. The third-order valence-corrected chi connectivity index (χ3v) is 7.35. The maximum atomic E-state index is 10.7.